The van der Waals surface area contributed by atoms with Crippen LogP contribution >= 0.6 is 11.3 Å². The Hall–Kier alpha value is -14.5. The van der Waals surface area contributed by atoms with Crippen molar-refractivity contribution in [2.24, 2.45) is 0 Å². The summed E-state index contributed by atoms with van der Waals surface area (Å²) < 4.78 is 87.1. The Morgan fingerprint density at radius 3 is 1.27 bits per heavy atom. The van der Waals surface area contributed by atoms with Crippen molar-refractivity contribution in [1.82, 2.24) is 77.4 Å². The molecule has 20 rings (SSSR count). The van der Waals surface area contributed by atoms with Crippen LogP contribution in [0.3, 0.4) is 0 Å². The van der Waals surface area contributed by atoms with Gasteiger partial charge >= 0.3 is 0 Å². The first-order chi connectivity index (χ1) is 58.1. The molecule has 119 heavy (non-hydrogen) atoms. The second-order valence-corrected chi connectivity index (χ2v) is 29.4. The van der Waals surface area contributed by atoms with Crippen LogP contribution in [0.15, 0.2) is 159 Å². The second kappa shape index (κ2) is 33.4. The van der Waals surface area contributed by atoms with E-state index in [-0.39, 0.29) is 61.2 Å². The number of thiazole rings is 1. The molecule has 4 aliphatic heterocycles. The summed E-state index contributed by atoms with van der Waals surface area (Å²) in [6.07, 6.45) is 21.5. The number of hydrogen-bond donors (Lipinski definition) is 6. The van der Waals surface area contributed by atoms with E-state index in [1.54, 1.807) is 112 Å². The fourth-order valence-electron chi connectivity index (χ4n) is 15.0. The molecular weight excluding hydrogens is 1550 g/mol. The Morgan fingerprint density at radius 2 is 0.849 bits per heavy atom. The summed E-state index contributed by atoms with van der Waals surface area (Å²) in [6, 6.07) is 25.3. The van der Waals surface area contributed by atoms with Gasteiger partial charge in [0.15, 0.2) is 11.3 Å². The number of aromatic nitrogens is 16. The molecule has 596 valence electrons. The molecule has 0 atom stereocenters. The summed E-state index contributed by atoms with van der Waals surface area (Å²) in [7, 11) is 0. The summed E-state index contributed by atoms with van der Waals surface area (Å²) in [5.74, 6) is 4.38. The molecule has 16 aromatic rings. The predicted molar refractivity (Wildman–Crippen MR) is 438 cm³/mol. The molecule has 33 heteroatoms. The number of imidazole rings is 4. The monoisotopic (exact) mass is 1620 g/mol. The van der Waals surface area contributed by atoms with Crippen LogP contribution in [0.5, 0.6) is 23.0 Å². The number of ether oxygens (including phenoxy) is 4. The van der Waals surface area contributed by atoms with Gasteiger partial charge in [-0.25, -0.2) is 52.4 Å². The third kappa shape index (κ3) is 15.5. The van der Waals surface area contributed by atoms with Gasteiger partial charge in [0.2, 0.25) is 35.1 Å². The summed E-state index contributed by atoms with van der Waals surface area (Å²) in [5, 5.41) is 32.8. The van der Waals surface area contributed by atoms with Gasteiger partial charge in [0.1, 0.15) is 46.3 Å². The van der Waals surface area contributed by atoms with Gasteiger partial charge in [0.25, 0.3) is 11.6 Å². The number of hydrogen-bond acceptors (Lipinski definition) is 23. The van der Waals surface area contributed by atoms with Crippen molar-refractivity contribution in [3.8, 4) is 67.8 Å². The SMILES string of the molecule is Cc1cn2c(NCc3c(F)ccc4c3CCO4)ncc(-c3ccccn3)c2n1.Cc1cn2c(NCc3c(F)ccc4c3CCO4)ncc(-c3nc(C)sc3C)c2n1.[C-]#[N+]c1cn2c(NCc3c(F)ccc4c3CCO4)ncc(-c3ccc(CO)nc3)c2n1.[C-]#[N+]c1cn2c(NCc3c(F)ccc4c3CCO4)ncc(-c3cccnc3CO)c2n1. The summed E-state index contributed by atoms with van der Waals surface area (Å²) in [4.78, 5) is 61.7. The number of fused-ring (bicyclic) bond motifs is 8. The largest absolute Gasteiger partial charge is 0.493 e. The van der Waals surface area contributed by atoms with Gasteiger partial charge in [0.05, 0.1) is 101 Å². The van der Waals surface area contributed by atoms with Crippen LogP contribution < -0.4 is 40.2 Å². The van der Waals surface area contributed by atoms with Gasteiger partial charge in [-0.15, -0.1) is 11.3 Å². The molecule has 0 fully saturated rings. The van der Waals surface area contributed by atoms with Gasteiger partial charge in [-0.3, -0.25) is 32.6 Å². The van der Waals surface area contributed by atoms with E-state index in [1.807, 2.05) is 72.3 Å². The molecule has 6 N–H and O–H groups in total. The van der Waals surface area contributed by atoms with E-state index >= 15 is 0 Å². The van der Waals surface area contributed by atoms with E-state index in [2.05, 4.69) is 97.7 Å². The topological polar surface area (TPSA) is 307 Å². The van der Waals surface area contributed by atoms with Crippen molar-refractivity contribution < 1.29 is 46.7 Å². The first-order valence-corrected chi connectivity index (χ1v) is 38.8. The molecule has 0 unspecified atom stereocenters. The van der Waals surface area contributed by atoms with E-state index in [0.29, 0.717) is 149 Å². The fraction of sp³-hybridized carbons (Fsp3) is 0.209. The number of aryl methyl sites for hydroxylation is 4. The second-order valence-electron chi connectivity index (χ2n) is 28.0. The molecular formula is C86H72F4N22O6S. The van der Waals surface area contributed by atoms with Crippen molar-refractivity contribution in [3.05, 3.63) is 282 Å². The lowest BCUT2D eigenvalue weighted by Gasteiger charge is -2.13. The van der Waals surface area contributed by atoms with Crippen LogP contribution in [-0.4, -0.2) is 114 Å². The van der Waals surface area contributed by atoms with Crippen LogP contribution in [-0.2, 0) is 65.1 Å². The molecule has 0 aliphatic carbocycles. The molecule has 0 saturated heterocycles. The number of aliphatic hydroxyl groups is 2. The highest BCUT2D eigenvalue weighted by atomic mass is 32.1. The molecule has 28 nitrogen and oxygen atoms in total. The maximum absolute atomic E-state index is 14.5. The van der Waals surface area contributed by atoms with Crippen LogP contribution in [0.25, 0.3) is 77.0 Å². The number of halogens is 4. The van der Waals surface area contributed by atoms with E-state index in [1.165, 1.54) is 24.3 Å². The lowest BCUT2D eigenvalue weighted by molar-refractivity contribution is 0.277. The minimum absolute atomic E-state index is 0.146. The van der Waals surface area contributed by atoms with E-state index in [4.69, 9.17) is 32.1 Å². The lowest BCUT2D eigenvalue weighted by atomic mass is 10.0. The highest BCUT2D eigenvalue weighted by Crippen LogP contribution is 2.39. The van der Waals surface area contributed by atoms with Crippen LogP contribution in [0, 0.1) is 64.1 Å². The minimum Gasteiger partial charge on any atom is -0.493 e. The van der Waals surface area contributed by atoms with E-state index in [9.17, 15) is 27.8 Å². The third-order valence-corrected chi connectivity index (χ3v) is 21.5. The van der Waals surface area contributed by atoms with E-state index in [0.717, 1.165) is 107 Å². The van der Waals surface area contributed by atoms with Crippen LogP contribution in [0.4, 0.5) is 53.0 Å². The third-order valence-electron chi connectivity index (χ3n) is 20.6. The number of aliphatic hydroxyl groups excluding tert-OH is 2. The zero-order chi connectivity index (χ0) is 82.0. The van der Waals surface area contributed by atoms with E-state index < -0.39 is 0 Å². The van der Waals surface area contributed by atoms with Crippen LogP contribution in [0.2, 0.25) is 0 Å². The standard InChI is InChI=1S/2C22H17FN6O2.C21H20FN5OS.C21H18FN5O/c1-24-20-11-29-21(28-20)16(13-2-3-14(12-30)25-8-13)9-26-22(29)27-10-17-15-6-7-31-19(15)5-4-18(17)23;1-24-20-11-29-21(28-20)16(13-3-2-7-25-18(13)12-30)10-27-22(29)26-9-15-14-6-8-31-19(14)5-4-17(15)23;1-11-10-27-20(25-11)16(19-12(2)29-13(3)26-19)9-24-21(27)23-8-15-14-6-7-28-18(14)5-4-17(15)22;1-13-12-27-20(26-13)16(18-4-2-3-8-23-18)11-25-21(27)24-10-15-14-7-9-28-19(14)6-5-17(15)22/h2-5,8-9,11,30H,6-7,10,12H2,(H,26,27);2-5,7,10-11,30H,6,8-9,12H2,(H,26,27);4-5,9-10H,6-8H2,1-3H3,(H,23,24);2-6,8,11-12H,7,9-10H2,1H3,(H,24,25). The average Bonchev–Trinajstić information content (AvgIpc) is 1.64. The number of anilines is 4. The molecule has 0 saturated carbocycles. The highest BCUT2D eigenvalue weighted by Gasteiger charge is 2.28. The molecule has 16 heterocycles. The number of nitrogens with one attached hydrogen (secondary N) is 4. The van der Waals surface area contributed by atoms with Gasteiger partial charge in [-0.1, -0.05) is 41.3 Å². The first kappa shape index (κ1) is 77.1. The Labute approximate surface area is 680 Å². The Kier molecular flexibility index (Phi) is 21.6. The lowest BCUT2D eigenvalue weighted by Crippen LogP contribution is -2.10. The van der Waals surface area contributed by atoms with Gasteiger partial charge < -0.3 is 60.1 Å². The minimum atomic E-state index is -0.306. The zero-order valence-corrected chi connectivity index (χ0v) is 65.2. The maximum Gasteiger partial charge on any atom is 0.288 e. The normalized spacial score (nSPS) is 12.6. The number of benzene rings is 4. The Balaban J connectivity index is 0.000000114. The molecule has 0 spiro atoms. The Morgan fingerprint density at radius 1 is 0.420 bits per heavy atom. The molecule has 4 aromatic carbocycles. The smallest absolute Gasteiger partial charge is 0.288 e. The summed E-state index contributed by atoms with van der Waals surface area (Å²) in [6.45, 7) is 25.6. The maximum atomic E-state index is 14.5. The number of pyridine rings is 3. The quantitative estimate of drug-likeness (QED) is 0.0343. The van der Waals surface area contributed by atoms with Gasteiger partial charge in [-0.2, -0.15) is 0 Å². The molecule has 0 radical (unpaired) electrons. The molecule has 0 bridgehead atoms. The average molecular weight is 1620 g/mol. The van der Waals surface area contributed by atoms with Crippen molar-refractivity contribution >= 4 is 69.4 Å². The Bertz CT molecular complexity index is 6680. The summed E-state index contributed by atoms with van der Waals surface area (Å²) >= 11 is 1.66. The molecule has 4 aliphatic rings. The summed E-state index contributed by atoms with van der Waals surface area (Å²) in [5.41, 5.74) is 17.5. The highest BCUT2D eigenvalue weighted by molar-refractivity contribution is 7.11. The van der Waals surface area contributed by atoms with Crippen molar-refractivity contribution in [2.45, 2.75) is 92.8 Å². The zero-order valence-electron chi connectivity index (χ0n) is 64.4. The van der Waals surface area contributed by atoms with Crippen molar-refractivity contribution in [2.75, 3.05) is 47.7 Å². The molecule has 0 amide bonds. The number of rotatable bonds is 18. The predicted octanol–water partition coefficient (Wildman–Crippen LogP) is 15.3. The van der Waals surface area contributed by atoms with Gasteiger partial charge in [-0.05, 0) is 100 Å². The van der Waals surface area contributed by atoms with Crippen molar-refractivity contribution in [3.63, 3.8) is 0 Å². The van der Waals surface area contributed by atoms with Crippen molar-refractivity contribution in [1.29, 1.82) is 0 Å². The molecule has 12 aromatic heterocycles. The van der Waals surface area contributed by atoms with Gasteiger partial charge in [0, 0.05) is 181 Å². The first-order valence-electron chi connectivity index (χ1n) is 37.9. The van der Waals surface area contributed by atoms with Crippen LogP contribution in [0.1, 0.15) is 77.2 Å². The number of nitrogens with zero attached hydrogens (tertiary/aromatic N) is 18. The fourth-order valence-corrected chi connectivity index (χ4v) is 15.8.